The van der Waals surface area contributed by atoms with E-state index in [9.17, 15) is 5.11 Å². The van der Waals surface area contributed by atoms with Crippen molar-refractivity contribution in [1.29, 1.82) is 0 Å². The van der Waals surface area contributed by atoms with Crippen LogP contribution in [-0.4, -0.2) is 66.8 Å². The molecular weight excluding hydrogens is 250 g/mol. The Morgan fingerprint density at radius 1 is 1.15 bits per heavy atom. The second-order valence-electron chi connectivity index (χ2n) is 7.48. The molecule has 2 saturated carbocycles. The van der Waals surface area contributed by atoms with Gasteiger partial charge in [0.15, 0.2) is 0 Å². The van der Waals surface area contributed by atoms with Crippen LogP contribution in [0.3, 0.4) is 0 Å². The van der Waals surface area contributed by atoms with Crippen molar-refractivity contribution in [3.05, 3.63) is 0 Å². The van der Waals surface area contributed by atoms with Crippen LogP contribution in [0.25, 0.3) is 0 Å². The first-order chi connectivity index (χ1) is 9.42. The summed E-state index contributed by atoms with van der Waals surface area (Å²) in [7, 11) is 6.65. The van der Waals surface area contributed by atoms with E-state index >= 15 is 0 Å². The van der Waals surface area contributed by atoms with Crippen LogP contribution in [0.15, 0.2) is 0 Å². The summed E-state index contributed by atoms with van der Waals surface area (Å²) < 4.78 is 0. The zero-order valence-electron chi connectivity index (χ0n) is 13.6. The Morgan fingerprint density at radius 2 is 1.85 bits per heavy atom. The quantitative estimate of drug-likeness (QED) is 0.739. The van der Waals surface area contributed by atoms with Crippen LogP contribution in [0.1, 0.15) is 44.9 Å². The molecule has 2 aliphatic carbocycles. The summed E-state index contributed by atoms with van der Waals surface area (Å²) >= 11 is 0. The lowest BCUT2D eigenvalue weighted by atomic mass is 9.75. The molecule has 4 nitrogen and oxygen atoms in total. The van der Waals surface area contributed by atoms with Gasteiger partial charge in [-0.05, 0) is 72.1 Å². The van der Waals surface area contributed by atoms with Crippen molar-refractivity contribution in [1.82, 2.24) is 9.80 Å². The average Bonchev–Trinajstić information content (AvgIpc) is 2.73. The molecule has 0 bridgehead atoms. The summed E-state index contributed by atoms with van der Waals surface area (Å²) in [5, 5.41) is 9.52. The van der Waals surface area contributed by atoms with E-state index in [0.29, 0.717) is 11.5 Å². The number of hydrogen-bond acceptors (Lipinski definition) is 4. The lowest BCUT2D eigenvalue weighted by molar-refractivity contribution is 0.0253. The fraction of sp³-hybridized carbons (Fsp3) is 1.00. The zero-order chi connectivity index (χ0) is 14.8. The summed E-state index contributed by atoms with van der Waals surface area (Å²) in [6.45, 7) is 2.39. The third kappa shape index (κ3) is 3.19. The molecule has 0 aromatic rings. The minimum absolute atomic E-state index is 0.142. The van der Waals surface area contributed by atoms with E-state index in [1.54, 1.807) is 0 Å². The van der Waals surface area contributed by atoms with Crippen molar-refractivity contribution in [2.45, 2.75) is 56.0 Å². The lowest BCUT2D eigenvalue weighted by Gasteiger charge is -2.49. The second kappa shape index (κ2) is 6.30. The minimum atomic E-state index is -0.309. The number of aliphatic hydroxyl groups excluding tert-OH is 1. The first kappa shape index (κ1) is 16.2. The standard InChI is InChI=1S/C16H33N3O/c1-18(2)15(8-5-9-15)12-19(3)11-7-14-6-4-10-16(14,17)13-20/h14,20H,4-13,17H2,1-3H3. The number of likely N-dealkylation sites (N-methyl/N-ethyl adjacent to an activating group) is 2. The second-order valence-corrected chi connectivity index (χ2v) is 7.48. The maximum absolute atomic E-state index is 9.52. The maximum atomic E-state index is 9.52. The third-order valence-corrected chi connectivity index (χ3v) is 5.96. The van der Waals surface area contributed by atoms with Gasteiger partial charge in [0.1, 0.15) is 0 Å². The Bertz CT molecular complexity index is 317. The molecule has 2 rings (SSSR count). The van der Waals surface area contributed by atoms with Crippen molar-refractivity contribution in [2.24, 2.45) is 11.7 Å². The molecule has 0 saturated heterocycles. The van der Waals surface area contributed by atoms with E-state index in [2.05, 4.69) is 30.9 Å². The van der Waals surface area contributed by atoms with Gasteiger partial charge in [0.05, 0.1) is 6.61 Å². The van der Waals surface area contributed by atoms with Crippen LogP contribution in [0, 0.1) is 5.92 Å². The number of rotatable bonds is 7. The first-order valence-corrected chi connectivity index (χ1v) is 8.18. The van der Waals surface area contributed by atoms with Crippen LogP contribution in [-0.2, 0) is 0 Å². The molecule has 2 aliphatic rings. The van der Waals surface area contributed by atoms with Gasteiger partial charge in [0.25, 0.3) is 0 Å². The average molecular weight is 283 g/mol. The van der Waals surface area contributed by atoms with Crippen molar-refractivity contribution in [2.75, 3.05) is 40.8 Å². The fourth-order valence-electron chi connectivity index (χ4n) is 4.10. The molecular formula is C16H33N3O. The molecule has 0 aromatic heterocycles. The van der Waals surface area contributed by atoms with Crippen LogP contribution in [0.5, 0.6) is 0 Å². The Balaban J connectivity index is 1.79. The van der Waals surface area contributed by atoms with Crippen molar-refractivity contribution in [3.8, 4) is 0 Å². The van der Waals surface area contributed by atoms with E-state index in [0.717, 1.165) is 25.9 Å². The molecule has 2 atom stereocenters. The third-order valence-electron chi connectivity index (χ3n) is 5.96. The number of nitrogens with zero attached hydrogens (tertiary/aromatic N) is 2. The molecule has 0 radical (unpaired) electrons. The van der Waals surface area contributed by atoms with Crippen molar-refractivity contribution in [3.63, 3.8) is 0 Å². The molecule has 2 unspecified atom stereocenters. The van der Waals surface area contributed by atoms with E-state index < -0.39 is 0 Å². The molecule has 0 heterocycles. The summed E-state index contributed by atoms with van der Waals surface area (Å²) in [5.74, 6) is 0.492. The summed E-state index contributed by atoms with van der Waals surface area (Å²) in [6.07, 6.45) is 8.48. The van der Waals surface area contributed by atoms with Crippen LogP contribution < -0.4 is 5.73 Å². The first-order valence-electron chi connectivity index (χ1n) is 8.18. The smallest absolute Gasteiger partial charge is 0.0613 e. The normalized spacial score (nSPS) is 32.9. The molecule has 2 fully saturated rings. The van der Waals surface area contributed by atoms with Crippen molar-refractivity contribution >= 4 is 0 Å². The van der Waals surface area contributed by atoms with Crippen molar-refractivity contribution < 1.29 is 5.11 Å². The highest BCUT2D eigenvalue weighted by Crippen LogP contribution is 2.38. The van der Waals surface area contributed by atoms with Gasteiger partial charge in [-0.1, -0.05) is 6.42 Å². The van der Waals surface area contributed by atoms with E-state index in [1.807, 2.05) is 0 Å². The highest BCUT2D eigenvalue weighted by atomic mass is 16.3. The monoisotopic (exact) mass is 283 g/mol. The van der Waals surface area contributed by atoms with Gasteiger partial charge >= 0.3 is 0 Å². The van der Waals surface area contributed by atoms with Gasteiger partial charge in [-0.25, -0.2) is 0 Å². The topological polar surface area (TPSA) is 52.7 Å². The van der Waals surface area contributed by atoms with Gasteiger partial charge in [-0.2, -0.15) is 0 Å². The number of hydrogen-bond donors (Lipinski definition) is 2. The predicted molar refractivity (Wildman–Crippen MR) is 83.7 cm³/mol. The van der Waals surface area contributed by atoms with Gasteiger partial charge in [-0.15, -0.1) is 0 Å². The minimum Gasteiger partial charge on any atom is -0.394 e. The summed E-state index contributed by atoms with van der Waals surface area (Å²) in [5.41, 5.74) is 6.42. The lowest BCUT2D eigenvalue weighted by Crippen LogP contribution is -2.57. The maximum Gasteiger partial charge on any atom is 0.0613 e. The van der Waals surface area contributed by atoms with E-state index in [1.165, 1.54) is 32.1 Å². The molecule has 3 N–H and O–H groups in total. The van der Waals surface area contributed by atoms with Crippen LogP contribution >= 0.6 is 0 Å². The fourth-order valence-corrected chi connectivity index (χ4v) is 4.10. The van der Waals surface area contributed by atoms with Gasteiger partial charge in [-0.3, -0.25) is 0 Å². The molecule has 118 valence electrons. The molecule has 20 heavy (non-hydrogen) atoms. The highest BCUT2D eigenvalue weighted by Gasteiger charge is 2.41. The van der Waals surface area contributed by atoms with Crippen LogP contribution in [0.2, 0.25) is 0 Å². The number of nitrogens with two attached hydrogens (primary N) is 1. The summed E-state index contributed by atoms with van der Waals surface area (Å²) in [4.78, 5) is 4.87. The molecule has 4 heteroatoms. The summed E-state index contributed by atoms with van der Waals surface area (Å²) in [6, 6.07) is 0. The SMILES string of the molecule is CN(CCC1CCCC1(N)CO)CC1(N(C)C)CCC1. The molecule has 0 amide bonds. The van der Waals surface area contributed by atoms with Gasteiger partial charge < -0.3 is 20.6 Å². The Hall–Kier alpha value is -0.160. The highest BCUT2D eigenvalue weighted by molar-refractivity contribution is 4.99. The van der Waals surface area contributed by atoms with Gasteiger partial charge in [0, 0.05) is 17.6 Å². The molecule has 0 aromatic carbocycles. The Kier molecular flexibility index (Phi) is 5.11. The van der Waals surface area contributed by atoms with E-state index in [4.69, 9.17) is 5.73 Å². The predicted octanol–water partition coefficient (Wildman–Crippen LogP) is 1.28. The van der Waals surface area contributed by atoms with E-state index in [-0.39, 0.29) is 12.1 Å². The number of aliphatic hydroxyl groups is 1. The van der Waals surface area contributed by atoms with Gasteiger partial charge in [0.2, 0.25) is 0 Å². The molecule has 0 spiro atoms. The Morgan fingerprint density at radius 3 is 2.35 bits per heavy atom. The van der Waals surface area contributed by atoms with Crippen LogP contribution in [0.4, 0.5) is 0 Å². The largest absolute Gasteiger partial charge is 0.394 e. The zero-order valence-corrected chi connectivity index (χ0v) is 13.6. The molecule has 0 aliphatic heterocycles. The Labute approximate surface area is 124 Å².